The zero-order valence-corrected chi connectivity index (χ0v) is 21.6. The summed E-state index contributed by atoms with van der Waals surface area (Å²) < 4.78 is 23.7. The Morgan fingerprint density at radius 2 is 1.86 bits per heavy atom. The molecule has 2 heterocycles. The fourth-order valence-electron chi connectivity index (χ4n) is 4.82. The van der Waals surface area contributed by atoms with E-state index in [1.807, 2.05) is 0 Å². The van der Waals surface area contributed by atoms with Crippen LogP contribution in [0.25, 0.3) is 0 Å². The second kappa shape index (κ2) is 9.34. The first-order valence-corrected chi connectivity index (χ1v) is 14.2. The number of nitro benzene ring substituents is 1. The van der Waals surface area contributed by atoms with Crippen molar-refractivity contribution < 1.29 is 22.9 Å². The van der Waals surface area contributed by atoms with Gasteiger partial charge in [-0.25, -0.2) is 8.42 Å². The summed E-state index contributed by atoms with van der Waals surface area (Å²) in [5, 5.41) is 17.3. The van der Waals surface area contributed by atoms with E-state index in [9.17, 15) is 28.1 Å². The Balaban J connectivity index is 1.68. The molecule has 2 unspecified atom stereocenters. The summed E-state index contributed by atoms with van der Waals surface area (Å²) in [5.74, 6) is -0.746. The van der Waals surface area contributed by atoms with Crippen LogP contribution in [0.4, 0.5) is 10.7 Å². The molecule has 11 heteroatoms. The third kappa shape index (κ3) is 5.40. The van der Waals surface area contributed by atoms with E-state index >= 15 is 0 Å². The number of anilines is 1. The molecule has 1 aromatic carbocycles. The first-order chi connectivity index (χ1) is 16.4. The van der Waals surface area contributed by atoms with Crippen LogP contribution in [-0.2, 0) is 22.7 Å². The van der Waals surface area contributed by atoms with Gasteiger partial charge in [0.1, 0.15) is 10.6 Å². The number of carbonyl (C=O) groups is 2. The van der Waals surface area contributed by atoms with Crippen molar-refractivity contribution in [3.8, 4) is 0 Å². The number of para-hydroxylation sites is 1. The lowest BCUT2D eigenvalue weighted by molar-refractivity contribution is -0.385. The van der Waals surface area contributed by atoms with Crippen LogP contribution in [0.5, 0.6) is 0 Å². The number of sulfone groups is 1. The molecular weight excluding hydrogens is 490 g/mol. The quantitative estimate of drug-likeness (QED) is 0.453. The largest absolute Gasteiger partial charge is 0.348 e. The van der Waals surface area contributed by atoms with Crippen molar-refractivity contribution in [2.75, 3.05) is 16.8 Å². The van der Waals surface area contributed by atoms with Gasteiger partial charge in [0.05, 0.1) is 22.0 Å². The van der Waals surface area contributed by atoms with Crippen molar-refractivity contribution in [2.45, 2.75) is 52.5 Å². The number of rotatable bonds is 5. The second-order valence-electron chi connectivity index (χ2n) is 10.3. The molecule has 1 aliphatic heterocycles. The third-order valence-corrected chi connectivity index (χ3v) is 9.79. The summed E-state index contributed by atoms with van der Waals surface area (Å²) in [5.41, 5.74) is 0.877. The van der Waals surface area contributed by atoms with Crippen LogP contribution in [0.15, 0.2) is 24.3 Å². The first-order valence-electron chi connectivity index (χ1n) is 11.6. The van der Waals surface area contributed by atoms with Crippen LogP contribution in [0, 0.1) is 21.4 Å². The van der Waals surface area contributed by atoms with Crippen molar-refractivity contribution in [2.24, 2.45) is 11.3 Å². The minimum absolute atomic E-state index is 0.0359. The summed E-state index contributed by atoms with van der Waals surface area (Å²) in [7, 11) is -3.17. The number of benzene rings is 1. The maximum Gasteiger partial charge on any atom is 0.282 e. The number of nitro groups is 1. The van der Waals surface area contributed by atoms with E-state index in [4.69, 9.17) is 0 Å². The Hall–Kier alpha value is -2.79. The predicted octanol–water partition coefficient (Wildman–Crippen LogP) is 3.98. The van der Waals surface area contributed by atoms with Crippen LogP contribution in [0.2, 0.25) is 0 Å². The van der Waals surface area contributed by atoms with Crippen LogP contribution < -0.4 is 10.6 Å². The fourth-order valence-corrected chi connectivity index (χ4v) is 7.81. The monoisotopic (exact) mass is 519 g/mol. The molecule has 1 saturated heterocycles. The van der Waals surface area contributed by atoms with Crippen molar-refractivity contribution in [3.63, 3.8) is 0 Å². The Bertz CT molecular complexity index is 1290. The van der Waals surface area contributed by atoms with E-state index in [2.05, 4.69) is 31.4 Å². The highest BCUT2D eigenvalue weighted by atomic mass is 32.2. The molecule has 2 amide bonds. The molecule has 2 aromatic rings. The SMILES string of the molecule is CC(C)(C)C1CCc2c(sc(NC(=O)c3ccccc3[N+](=O)[O-])c2C(=O)NC2CCS(=O)(=O)C2)C1. The van der Waals surface area contributed by atoms with Gasteiger partial charge in [0, 0.05) is 17.0 Å². The molecule has 1 aromatic heterocycles. The van der Waals surface area contributed by atoms with Crippen LogP contribution in [0.3, 0.4) is 0 Å². The third-order valence-electron chi connectivity index (χ3n) is 6.86. The van der Waals surface area contributed by atoms with Gasteiger partial charge < -0.3 is 10.6 Å². The van der Waals surface area contributed by atoms with Gasteiger partial charge in [0.2, 0.25) is 0 Å². The van der Waals surface area contributed by atoms with E-state index in [1.165, 1.54) is 29.5 Å². The highest BCUT2D eigenvalue weighted by molar-refractivity contribution is 7.91. The van der Waals surface area contributed by atoms with E-state index in [0.717, 1.165) is 23.3 Å². The number of carbonyl (C=O) groups excluding carboxylic acids is 2. The average molecular weight is 520 g/mol. The van der Waals surface area contributed by atoms with Gasteiger partial charge in [-0.05, 0) is 48.6 Å². The summed E-state index contributed by atoms with van der Waals surface area (Å²) >= 11 is 1.32. The van der Waals surface area contributed by atoms with Gasteiger partial charge in [-0.3, -0.25) is 19.7 Å². The molecule has 2 atom stereocenters. The Morgan fingerprint density at radius 1 is 1.14 bits per heavy atom. The molecule has 2 aliphatic rings. The Kier molecular flexibility index (Phi) is 6.76. The zero-order chi connectivity index (χ0) is 25.5. The lowest BCUT2D eigenvalue weighted by atomic mass is 9.72. The second-order valence-corrected chi connectivity index (χ2v) is 13.6. The predicted molar refractivity (Wildman–Crippen MR) is 135 cm³/mol. The van der Waals surface area contributed by atoms with Crippen molar-refractivity contribution in [3.05, 3.63) is 55.9 Å². The minimum atomic E-state index is -3.17. The molecule has 35 heavy (non-hydrogen) atoms. The number of hydrogen-bond donors (Lipinski definition) is 2. The van der Waals surface area contributed by atoms with E-state index in [-0.39, 0.29) is 28.2 Å². The number of nitrogens with one attached hydrogen (secondary N) is 2. The molecule has 0 radical (unpaired) electrons. The molecule has 1 aliphatic carbocycles. The molecule has 1 fully saturated rings. The van der Waals surface area contributed by atoms with Crippen LogP contribution >= 0.6 is 11.3 Å². The lowest BCUT2D eigenvalue weighted by Gasteiger charge is -2.33. The number of fused-ring (bicyclic) bond motifs is 1. The standard InChI is InChI=1S/C24H29N3O6S2/c1-24(2,3)14-8-9-17-19(12-14)34-23(20(17)22(29)25-15-10-11-35(32,33)13-15)26-21(28)16-6-4-5-7-18(16)27(30)31/h4-7,14-15H,8-13H2,1-3H3,(H,25,29)(H,26,28). The molecule has 2 N–H and O–H groups in total. The van der Waals surface area contributed by atoms with Gasteiger partial charge in [0.25, 0.3) is 17.5 Å². The maximum absolute atomic E-state index is 13.4. The number of amides is 2. The molecule has 188 valence electrons. The van der Waals surface area contributed by atoms with E-state index in [1.54, 1.807) is 6.07 Å². The van der Waals surface area contributed by atoms with E-state index < -0.39 is 32.6 Å². The smallest absolute Gasteiger partial charge is 0.282 e. The molecule has 0 saturated carbocycles. The van der Waals surface area contributed by atoms with E-state index in [0.29, 0.717) is 29.3 Å². The summed E-state index contributed by atoms with van der Waals surface area (Å²) in [6, 6.07) is 5.19. The summed E-state index contributed by atoms with van der Waals surface area (Å²) in [6.07, 6.45) is 2.68. The zero-order valence-electron chi connectivity index (χ0n) is 19.9. The summed E-state index contributed by atoms with van der Waals surface area (Å²) in [4.78, 5) is 38.2. The highest BCUT2D eigenvalue weighted by Crippen LogP contribution is 2.44. The Labute approximate surface area is 208 Å². The Morgan fingerprint density at radius 3 is 2.49 bits per heavy atom. The molecule has 0 bridgehead atoms. The molecule has 9 nitrogen and oxygen atoms in total. The molecule has 0 spiro atoms. The number of nitrogens with zero attached hydrogens (tertiary/aromatic N) is 1. The van der Waals surface area contributed by atoms with Gasteiger partial charge in [-0.1, -0.05) is 32.9 Å². The fraction of sp³-hybridized carbons (Fsp3) is 0.500. The minimum Gasteiger partial charge on any atom is -0.348 e. The van der Waals surface area contributed by atoms with Gasteiger partial charge >= 0.3 is 0 Å². The van der Waals surface area contributed by atoms with Gasteiger partial charge in [0.15, 0.2) is 9.84 Å². The number of thiophene rings is 1. The van der Waals surface area contributed by atoms with Crippen molar-refractivity contribution in [1.82, 2.24) is 5.32 Å². The van der Waals surface area contributed by atoms with Crippen LogP contribution in [0.1, 0.15) is 64.8 Å². The maximum atomic E-state index is 13.4. The topological polar surface area (TPSA) is 135 Å². The first kappa shape index (κ1) is 25.3. The summed E-state index contributed by atoms with van der Waals surface area (Å²) in [6.45, 7) is 6.55. The van der Waals surface area contributed by atoms with Crippen LogP contribution in [-0.4, -0.2) is 42.7 Å². The van der Waals surface area contributed by atoms with Crippen molar-refractivity contribution in [1.29, 1.82) is 0 Å². The highest BCUT2D eigenvalue weighted by Gasteiger charge is 2.36. The number of hydrogen-bond acceptors (Lipinski definition) is 7. The van der Waals surface area contributed by atoms with Crippen molar-refractivity contribution >= 4 is 43.7 Å². The van der Waals surface area contributed by atoms with Gasteiger partial charge in [-0.2, -0.15) is 0 Å². The normalized spacial score (nSPS) is 21.2. The lowest BCUT2D eigenvalue weighted by Crippen LogP contribution is -2.36. The molecular formula is C24H29N3O6S2. The average Bonchev–Trinajstić information content (AvgIpc) is 3.30. The van der Waals surface area contributed by atoms with Gasteiger partial charge in [-0.15, -0.1) is 11.3 Å². The molecule has 4 rings (SSSR count).